The molecular formula is C18H22ClN5O3. The standard InChI is InChI=1S/C17H18ClN5O3.CH4/c1-9(17(2,25)26)21-16-20-8-10-7-12(11-5-3-4-6-13(11)18)15(24)23(19)14(10)22-16;/h3-9,25-26H,19H2,1-2H3,(H,20,21,22);1H4/t9-;/m0./s1. The van der Waals surface area contributed by atoms with E-state index in [1.807, 2.05) is 0 Å². The molecule has 0 bridgehead atoms. The summed E-state index contributed by atoms with van der Waals surface area (Å²) in [5, 5.41) is 22.9. The lowest BCUT2D eigenvalue weighted by Gasteiger charge is -2.25. The molecule has 0 fully saturated rings. The summed E-state index contributed by atoms with van der Waals surface area (Å²) in [5.74, 6) is 4.09. The molecule has 1 atom stereocenters. The van der Waals surface area contributed by atoms with Gasteiger partial charge in [-0.3, -0.25) is 4.79 Å². The number of aromatic nitrogens is 3. The Morgan fingerprint density at radius 1 is 1.30 bits per heavy atom. The van der Waals surface area contributed by atoms with Crippen LogP contribution >= 0.6 is 11.6 Å². The van der Waals surface area contributed by atoms with Gasteiger partial charge in [0.2, 0.25) is 5.95 Å². The first-order chi connectivity index (χ1) is 12.2. The number of aliphatic hydroxyl groups is 2. The zero-order chi connectivity index (χ0) is 19.1. The fourth-order valence-electron chi connectivity index (χ4n) is 2.39. The minimum Gasteiger partial charge on any atom is -0.364 e. The van der Waals surface area contributed by atoms with E-state index in [2.05, 4.69) is 15.3 Å². The van der Waals surface area contributed by atoms with E-state index in [-0.39, 0.29) is 19.0 Å². The molecular weight excluding hydrogens is 370 g/mol. The van der Waals surface area contributed by atoms with E-state index in [1.165, 1.54) is 13.1 Å². The summed E-state index contributed by atoms with van der Waals surface area (Å²) in [7, 11) is 0. The average molecular weight is 392 g/mol. The predicted molar refractivity (Wildman–Crippen MR) is 107 cm³/mol. The fraction of sp³-hybridized carbons (Fsp3) is 0.278. The van der Waals surface area contributed by atoms with Gasteiger partial charge < -0.3 is 21.4 Å². The topological polar surface area (TPSA) is 126 Å². The molecule has 0 unspecified atom stereocenters. The Kier molecular flexibility index (Phi) is 5.74. The molecule has 3 aromatic rings. The lowest BCUT2D eigenvalue weighted by Crippen LogP contribution is -2.42. The molecule has 1 aromatic carbocycles. The monoisotopic (exact) mass is 391 g/mol. The van der Waals surface area contributed by atoms with Crippen molar-refractivity contribution in [1.29, 1.82) is 0 Å². The third kappa shape index (κ3) is 4.02. The average Bonchev–Trinajstić information content (AvgIpc) is 2.58. The Labute approximate surface area is 161 Å². The number of hydrogen-bond acceptors (Lipinski definition) is 7. The van der Waals surface area contributed by atoms with Gasteiger partial charge in [0.1, 0.15) is 0 Å². The highest BCUT2D eigenvalue weighted by atomic mass is 35.5. The van der Waals surface area contributed by atoms with Crippen LogP contribution in [0.3, 0.4) is 0 Å². The first kappa shape index (κ1) is 20.6. The van der Waals surface area contributed by atoms with Gasteiger partial charge in [0.25, 0.3) is 5.56 Å². The molecule has 5 N–H and O–H groups in total. The van der Waals surface area contributed by atoms with E-state index in [4.69, 9.17) is 17.4 Å². The first-order valence-electron chi connectivity index (χ1n) is 7.82. The molecule has 2 aromatic heterocycles. The number of rotatable bonds is 4. The van der Waals surface area contributed by atoms with E-state index in [0.717, 1.165) is 4.68 Å². The van der Waals surface area contributed by atoms with E-state index >= 15 is 0 Å². The van der Waals surface area contributed by atoms with E-state index < -0.39 is 17.4 Å². The molecule has 0 saturated carbocycles. The van der Waals surface area contributed by atoms with Crippen LogP contribution < -0.4 is 16.7 Å². The highest BCUT2D eigenvalue weighted by molar-refractivity contribution is 6.33. The SMILES string of the molecule is C.C[C@H](Nc1ncc2cc(-c3ccccc3Cl)c(=O)n(N)c2n1)C(C)(O)O. The zero-order valence-corrected chi connectivity index (χ0v) is 14.9. The van der Waals surface area contributed by atoms with E-state index in [9.17, 15) is 15.0 Å². The second kappa shape index (κ2) is 7.51. The van der Waals surface area contributed by atoms with Crippen LogP contribution in [0.1, 0.15) is 21.3 Å². The molecule has 0 aliphatic rings. The van der Waals surface area contributed by atoms with Gasteiger partial charge in [0.15, 0.2) is 11.4 Å². The highest BCUT2D eigenvalue weighted by Gasteiger charge is 2.25. The molecule has 0 aliphatic heterocycles. The van der Waals surface area contributed by atoms with Gasteiger partial charge in [-0.25, -0.2) is 9.66 Å². The van der Waals surface area contributed by atoms with Crippen molar-refractivity contribution in [2.45, 2.75) is 33.1 Å². The Morgan fingerprint density at radius 3 is 2.59 bits per heavy atom. The molecule has 0 spiro atoms. The van der Waals surface area contributed by atoms with Crippen molar-refractivity contribution < 1.29 is 10.2 Å². The van der Waals surface area contributed by atoms with E-state index in [0.29, 0.717) is 21.5 Å². The van der Waals surface area contributed by atoms with Crippen molar-refractivity contribution in [3.8, 4) is 11.1 Å². The largest absolute Gasteiger partial charge is 0.364 e. The highest BCUT2D eigenvalue weighted by Crippen LogP contribution is 2.26. The Morgan fingerprint density at radius 2 is 1.96 bits per heavy atom. The number of halogens is 1. The van der Waals surface area contributed by atoms with Crippen LogP contribution in [0, 0.1) is 0 Å². The molecule has 8 nitrogen and oxygen atoms in total. The van der Waals surface area contributed by atoms with Crippen molar-refractivity contribution >= 4 is 28.6 Å². The number of hydrogen-bond donors (Lipinski definition) is 4. The van der Waals surface area contributed by atoms with Crippen LogP contribution in [0.2, 0.25) is 5.02 Å². The summed E-state index contributed by atoms with van der Waals surface area (Å²) in [6, 6.07) is 7.83. The first-order valence-corrected chi connectivity index (χ1v) is 8.20. The molecule has 0 saturated heterocycles. The van der Waals surface area contributed by atoms with Crippen molar-refractivity contribution in [3.05, 3.63) is 51.9 Å². The third-order valence-electron chi connectivity index (χ3n) is 4.10. The summed E-state index contributed by atoms with van der Waals surface area (Å²) >= 11 is 6.18. The van der Waals surface area contributed by atoms with Gasteiger partial charge in [-0.05, 0) is 26.0 Å². The van der Waals surface area contributed by atoms with Gasteiger partial charge in [0, 0.05) is 22.2 Å². The normalized spacial score (nSPS) is 12.5. The molecule has 0 amide bonds. The summed E-state index contributed by atoms with van der Waals surface area (Å²) in [6.07, 6.45) is 1.49. The fourth-order valence-corrected chi connectivity index (χ4v) is 2.63. The second-order valence-corrected chi connectivity index (χ2v) is 6.55. The number of nitrogens with two attached hydrogens (primary N) is 1. The lowest BCUT2D eigenvalue weighted by atomic mass is 10.1. The maximum atomic E-state index is 12.6. The summed E-state index contributed by atoms with van der Waals surface area (Å²) < 4.78 is 0.919. The lowest BCUT2D eigenvalue weighted by molar-refractivity contribution is -0.152. The van der Waals surface area contributed by atoms with Crippen LogP contribution in [0.25, 0.3) is 22.2 Å². The molecule has 27 heavy (non-hydrogen) atoms. The molecule has 144 valence electrons. The van der Waals surface area contributed by atoms with Crippen LogP contribution in [-0.4, -0.2) is 36.7 Å². The minimum atomic E-state index is -1.96. The van der Waals surface area contributed by atoms with Crippen molar-refractivity contribution in [2.75, 3.05) is 11.2 Å². The van der Waals surface area contributed by atoms with Gasteiger partial charge >= 0.3 is 0 Å². The van der Waals surface area contributed by atoms with Gasteiger partial charge in [0.05, 0.1) is 11.6 Å². The van der Waals surface area contributed by atoms with Crippen molar-refractivity contribution in [3.63, 3.8) is 0 Å². The van der Waals surface area contributed by atoms with Gasteiger partial charge in [-0.1, -0.05) is 37.2 Å². The smallest absolute Gasteiger partial charge is 0.278 e. The Bertz CT molecular complexity index is 1030. The van der Waals surface area contributed by atoms with E-state index in [1.54, 1.807) is 37.3 Å². The maximum Gasteiger partial charge on any atom is 0.278 e. The number of pyridine rings is 1. The molecule has 9 heteroatoms. The quantitative estimate of drug-likeness (QED) is 0.395. The van der Waals surface area contributed by atoms with Crippen LogP contribution in [-0.2, 0) is 0 Å². The second-order valence-electron chi connectivity index (χ2n) is 6.15. The predicted octanol–water partition coefficient (Wildman–Crippen LogP) is 1.96. The summed E-state index contributed by atoms with van der Waals surface area (Å²) in [6.45, 7) is 2.80. The molecule has 3 rings (SSSR count). The maximum absolute atomic E-state index is 12.6. The number of anilines is 1. The number of nitrogens with one attached hydrogen (secondary N) is 1. The molecule has 0 aliphatic carbocycles. The Balaban J connectivity index is 0.00000261. The molecule has 0 radical (unpaired) electrons. The van der Waals surface area contributed by atoms with Gasteiger partial charge in [-0.15, -0.1) is 0 Å². The zero-order valence-electron chi connectivity index (χ0n) is 14.1. The number of fused-ring (bicyclic) bond motifs is 1. The molecule has 2 heterocycles. The van der Waals surface area contributed by atoms with Crippen LogP contribution in [0.4, 0.5) is 5.95 Å². The Hall–Kier alpha value is -2.68. The van der Waals surface area contributed by atoms with Gasteiger partial charge in [-0.2, -0.15) is 4.98 Å². The van der Waals surface area contributed by atoms with Crippen LogP contribution in [0.5, 0.6) is 0 Å². The number of benzene rings is 1. The number of nitrogens with zero attached hydrogens (tertiary/aromatic N) is 3. The number of nitrogen functional groups attached to an aromatic ring is 1. The summed E-state index contributed by atoms with van der Waals surface area (Å²) in [5.41, 5.74) is 0.638. The van der Waals surface area contributed by atoms with Crippen molar-refractivity contribution in [1.82, 2.24) is 14.6 Å². The third-order valence-corrected chi connectivity index (χ3v) is 4.43. The summed E-state index contributed by atoms with van der Waals surface area (Å²) in [4.78, 5) is 21.0. The van der Waals surface area contributed by atoms with Crippen molar-refractivity contribution in [2.24, 2.45) is 0 Å². The minimum absolute atomic E-state index is 0. The van der Waals surface area contributed by atoms with Crippen LogP contribution in [0.15, 0.2) is 41.3 Å².